The quantitative estimate of drug-likeness (QED) is 0.889. The molecule has 7 heteroatoms. The van der Waals surface area contributed by atoms with E-state index in [2.05, 4.69) is 10.4 Å². The van der Waals surface area contributed by atoms with Gasteiger partial charge in [0.1, 0.15) is 5.82 Å². The summed E-state index contributed by atoms with van der Waals surface area (Å²) in [7, 11) is -3.40. The van der Waals surface area contributed by atoms with Crippen LogP contribution in [0.2, 0.25) is 0 Å². The molecule has 6 nitrogen and oxygen atoms in total. The number of nitrogens with two attached hydrogens (primary N) is 1. The van der Waals surface area contributed by atoms with Gasteiger partial charge >= 0.3 is 0 Å². The first kappa shape index (κ1) is 15.2. The number of anilines is 2. The standard InChI is InChI=1S/C13H24N4O2S/c1-9(2)17-12(14)11(20(3,18)19)13(16-17)15-10-7-5-4-6-8-10/h9-10H,4-8,14H2,1-3H3,(H,15,16). The van der Waals surface area contributed by atoms with Crippen LogP contribution in [0.15, 0.2) is 4.90 Å². The second-order valence-electron chi connectivity index (χ2n) is 5.85. The lowest BCUT2D eigenvalue weighted by atomic mass is 9.95. The topological polar surface area (TPSA) is 90.0 Å². The van der Waals surface area contributed by atoms with Crippen LogP contribution in [0.5, 0.6) is 0 Å². The van der Waals surface area contributed by atoms with Gasteiger partial charge in [-0.1, -0.05) is 19.3 Å². The SMILES string of the molecule is CC(C)n1nc(NC2CCCCC2)c(S(C)(=O)=O)c1N. The molecule has 1 fully saturated rings. The summed E-state index contributed by atoms with van der Waals surface area (Å²) in [4.78, 5) is 0.136. The van der Waals surface area contributed by atoms with E-state index in [0.717, 1.165) is 12.8 Å². The van der Waals surface area contributed by atoms with E-state index in [9.17, 15) is 8.42 Å². The summed E-state index contributed by atoms with van der Waals surface area (Å²) in [5.74, 6) is 0.631. The lowest BCUT2D eigenvalue weighted by molar-refractivity contribution is 0.459. The van der Waals surface area contributed by atoms with Crippen LogP contribution in [0, 0.1) is 0 Å². The molecule has 1 aromatic heterocycles. The molecule has 2 rings (SSSR count). The predicted octanol–water partition coefficient (Wildman–Crippen LogP) is 2.19. The number of aromatic nitrogens is 2. The minimum absolute atomic E-state index is 0.0254. The van der Waals surface area contributed by atoms with E-state index >= 15 is 0 Å². The zero-order valence-corrected chi connectivity index (χ0v) is 13.2. The third kappa shape index (κ3) is 3.08. The number of sulfone groups is 1. The Labute approximate surface area is 120 Å². The molecule has 0 radical (unpaired) electrons. The molecule has 0 aromatic carbocycles. The molecule has 1 aromatic rings. The van der Waals surface area contributed by atoms with Crippen molar-refractivity contribution in [3.05, 3.63) is 0 Å². The Hall–Kier alpha value is -1.24. The molecule has 0 amide bonds. The van der Waals surface area contributed by atoms with Crippen molar-refractivity contribution in [2.75, 3.05) is 17.3 Å². The van der Waals surface area contributed by atoms with Gasteiger partial charge in [0.2, 0.25) is 0 Å². The van der Waals surface area contributed by atoms with Crippen molar-refractivity contribution in [3.8, 4) is 0 Å². The number of nitrogen functional groups attached to an aromatic ring is 1. The van der Waals surface area contributed by atoms with E-state index in [1.807, 2.05) is 13.8 Å². The van der Waals surface area contributed by atoms with Gasteiger partial charge in [0.05, 0.1) is 0 Å². The van der Waals surface area contributed by atoms with Gasteiger partial charge in [-0.25, -0.2) is 13.1 Å². The van der Waals surface area contributed by atoms with Crippen LogP contribution in [0.25, 0.3) is 0 Å². The van der Waals surface area contributed by atoms with E-state index in [1.165, 1.54) is 25.5 Å². The van der Waals surface area contributed by atoms with Crippen LogP contribution >= 0.6 is 0 Å². The van der Waals surface area contributed by atoms with Crippen molar-refractivity contribution in [3.63, 3.8) is 0 Å². The van der Waals surface area contributed by atoms with Crippen molar-refractivity contribution >= 4 is 21.5 Å². The normalized spacial score (nSPS) is 17.6. The van der Waals surface area contributed by atoms with Crippen molar-refractivity contribution in [2.24, 2.45) is 0 Å². The van der Waals surface area contributed by atoms with Crippen LogP contribution in [-0.2, 0) is 9.84 Å². The molecule has 3 N–H and O–H groups in total. The molecular formula is C13H24N4O2S. The van der Waals surface area contributed by atoms with Crippen molar-refractivity contribution in [1.82, 2.24) is 9.78 Å². The molecule has 0 atom stereocenters. The zero-order chi connectivity index (χ0) is 14.9. The highest BCUT2D eigenvalue weighted by Gasteiger charge is 2.27. The monoisotopic (exact) mass is 300 g/mol. The zero-order valence-electron chi connectivity index (χ0n) is 12.4. The van der Waals surface area contributed by atoms with Crippen LogP contribution in [0.1, 0.15) is 52.0 Å². The van der Waals surface area contributed by atoms with Crippen LogP contribution in [0.3, 0.4) is 0 Å². The molecule has 0 bridgehead atoms. The molecule has 1 aliphatic carbocycles. The van der Waals surface area contributed by atoms with Gasteiger partial charge in [0.25, 0.3) is 0 Å². The van der Waals surface area contributed by atoms with Crippen molar-refractivity contribution in [1.29, 1.82) is 0 Å². The van der Waals surface area contributed by atoms with Gasteiger partial charge in [-0.3, -0.25) is 0 Å². The number of hydrogen-bond acceptors (Lipinski definition) is 5. The van der Waals surface area contributed by atoms with Gasteiger partial charge in [0.15, 0.2) is 20.6 Å². The highest BCUT2D eigenvalue weighted by Crippen LogP contribution is 2.31. The summed E-state index contributed by atoms with van der Waals surface area (Å²) in [5, 5.41) is 7.65. The average Bonchev–Trinajstić information content (AvgIpc) is 2.67. The lowest BCUT2D eigenvalue weighted by Gasteiger charge is -2.22. The van der Waals surface area contributed by atoms with E-state index in [0.29, 0.717) is 11.9 Å². The number of hydrogen-bond donors (Lipinski definition) is 2. The predicted molar refractivity (Wildman–Crippen MR) is 80.6 cm³/mol. The highest BCUT2D eigenvalue weighted by molar-refractivity contribution is 7.91. The van der Waals surface area contributed by atoms with Crippen LogP contribution in [-0.4, -0.2) is 30.5 Å². The number of nitrogens with zero attached hydrogens (tertiary/aromatic N) is 2. The molecule has 20 heavy (non-hydrogen) atoms. The second kappa shape index (κ2) is 5.63. The molecule has 0 unspecified atom stereocenters. The molecule has 1 aliphatic rings. The average molecular weight is 300 g/mol. The molecule has 0 spiro atoms. The maximum absolute atomic E-state index is 12.0. The van der Waals surface area contributed by atoms with Crippen molar-refractivity contribution in [2.45, 2.75) is 62.9 Å². The van der Waals surface area contributed by atoms with E-state index in [4.69, 9.17) is 5.73 Å². The third-order valence-electron chi connectivity index (χ3n) is 3.71. The largest absolute Gasteiger partial charge is 0.383 e. The second-order valence-corrected chi connectivity index (χ2v) is 7.81. The molecule has 1 heterocycles. The molecule has 0 saturated heterocycles. The number of rotatable bonds is 4. The van der Waals surface area contributed by atoms with Gasteiger partial charge in [-0.05, 0) is 26.7 Å². The Bertz CT molecular complexity index is 571. The fourth-order valence-corrected chi connectivity index (χ4v) is 3.65. The fourth-order valence-electron chi connectivity index (χ4n) is 2.73. The first-order valence-electron chi connectivity index (χ1n) is 7.15. The Morgan fingerprint density at radius 2 is 1.90 bits per heavy atom. The Morgan fingerprint density at radius 3 is 2.40 bits per heavy atom. The van der Waals surface area contributed by atoms with Gasteiger partial charge in [-0.2, -0.15) is 5.10 Å². The summed E-state index contributed by atoms with van der Waals surface area (Å²) >= 11 is 0. The summed E-state index contributed by atoms with van der Waals surface area (Å²) in [5.41, 5.74) is 5.98. The van der Waals surface area contributed by atoms with Gasteiger partial charge in [-0.15, -0.1) is 0 Å². The summed E-state index contributed by atoms with van der Waals surface area (Å²) in [6.45, 7) is 3.86. The Morgan fingerprint density at radius 1 is 1.30 bits per heavy atom. The van der Waals surface area contributed by atoms with E-state index in [-0.39, 0.29) is 16.8 Å². The van der Waals surface area contributed by atoms with Crippen molar-refractivity contribution < 1.29 is 8.42 Å². The Kier molecular flexibility index (Phi) is 4.27. The fraction of sp³-hybridized carbons (Fsp3) is 0.769. The first-order valence-corrected chi connectivity index (χ1v) is 9.04. The first-order chi connectivity index (χ1) is 9.30. The van der Waals surface area contributed by atoms with Gasteiger partial charge in [0, 0.05) is 18.3 Å². The minimum Gasteiger partial charge on any atom is -0.383 e. The van der Waals surface area contributed by atoms with Crippen LogP contribution < -0.4 is 11.1 Å². The maximum atomic E-state index is 12.0. The summed E-state index contributed by atoms with van der Waals surface area (Å²) in [6.07, 6.45) is 6.88. The number of nitrogens with one attached hydrogen (secondary N) is 1. The smallest absolute Gasteiger partial charge is 0.182 e. The van der Waals surface area contributed by atoms with E-state index in [1.54, 1.807) is 4.68 Å². The summed E-state index contributed by atoms with van der Waals surface area (Å²) < 4.78 is 25.5. The third-order valence-corrected chi connectivity index (χ3v) is 4.85. The highest BCUT2D eigenvalue weighted by atomic mass is 32.2. The molecule has 1 saturated carbocycles. The molecule has 0 aliphatic heterocycles. The molecular weight excluding hydrogens is 276 g/mol. The van der Waals surface area contributed by atoms with Gasteiger partial charge < -0.3 is 11.1 Å². The maximum Gasteiger partial charge on any atom is 0.182 e. The summed E-state index contributed by atoms with van der Waals surface area (Å²) in [6, 6.07) is 0.316. The lowest BCUT2D eigenvalue weighted by Crippen LogP contribution is -2.23. The van der Waals surface area contributed by atoms with E-state index < -0.39 is 9.84 Å². The Balaban J connectivity index is 2.37. The van der Waals surface area contributed by atoms with Crippen LogP contribution in [0.4, 0.5) is 11.6 Å². The minimum atomic E-state index is -3.40. The molecule has 114 valence electrons.